The number of aliphatic hydroxyl groups is 1. The van der Waals surface area contributed by atoms with E-state index in [9.17, 15) is 0 Å². The molecule has 0 radical (unpaired) electrons. The molecule has 0 aliphatic rings. The van der Waals surface area contributed by atoms with Gasteiger partial charge >= 0.3 is 0 Å². The van der Waals surface area contributed by atoms with Crippen molar-refractivity contribution >= 4 is 16.5 Å². The zero-order chi connectivity index (χ0) is 9.84. The van der Waals surface area contributed by atoms with Crippen LogP contribution in [0, 0.1) is 6.92 Å². The summed E-state index contributed by atoms with van der Waals surface area (Å²) in [6.45, 7) is 4.65. The van der Waals surface area contributed by atoms with Gasteiger partial charge in [-0.1, -0.05) is 0 Å². The van der Waals surface area contributed by atoms with Crippen LogP contribution in [0.3, 0.4) is 0 Å². The van der Waals surface area contributed by atoms with E-state index < -0.39 is 0 Å². The van der Waals surface area contributed by atoms with Gasteiger partial charge in [0.1, 0.15) is 0 Å². The second-order valence-electron chi connectivity index (χ2n) is 3.33. The van der Waals surface area contributed by atoms with Gasteiger partial charge < -0.3 is 10.0 Å². The number of nitrogens with zero attached hydrogens (tertiary/aromatic N) is 2. The van der Waals surface area contributed by atoms with Crippen molar-refractivity contribution in [2.75, 3.05) is 18.5 Å². The van der Waals surface area contributed by atoms with Gasteiger partial charge in [0.05, 0.1) is 11.8 Å². The lowest BCUT2D eigenvalue weighted by atomic mass is 10.3. The Kier molecular flexibility index (Phi) is 3.69. The number of aromatic nitrogens is 1. The molecule has 0 amide bonds. The molecule has 1 aromatic rings. The van der Waals surface area contributed by atoms with Crippen molar-refractivity contribution in [2.24, 2.45) is 0 Å². The van der Waals surface area contributed by atoms with Crippen LogP contribution >= 0.6 is 11.3 Å². The second-order valence-corrected chi connectivity index (χ2v) is 4.17. The third-order valence-electron chi connectivity index (χ3n) is 1.82. The first-order chi connectivity index (χ1) is 6.09. The van der Waals surface area contributed by atoms with Crippen LogP contribution in [-0.4, -0.2) is 29.8 Å². The molecule has 1 heterocycles. The maximum absolute atomic E-state index is 9.11. The molecule has 0 aliphatic carbocycles. The highest BCUT2D eigenvalue weighted by Gasteiger charge is 2.05. The van der Waals surface area contributed by atoms with Gasteiger partial charge in [-0.2, -0.15) is 0 Å². The maximum atomic E-state index is 9.11. The first-order valence-electron chi connectivity index (χ1n) is 4.41. The highest BCUT2D eigenvalue weighted by atomic mass is 32.1. The molecule has 0 aliphatic heterocycles. The molecule has 0 saturated heterocycles. The van der Waals surface area contributed by atoms with E-state index in [1.165, 1.54) is 0 Å². The van der Waals surface area contributed by atoms with Crippen LogP contribution in [0.25, 0.3) is 0 Å². The van der Waals surface area contributed by atoms with E-state index in [2.05, 4.69) is 9.88 Å². The van der Waals surface area contributed by atoms with Gasteiger partial charge in [-0.3, -0.25) is 0 Å². The normalized spacial score (nSPS) is 12.9. The van der Waals surface area contributed by atoms with E-state index in [-0.39, 0.29) is 6.10 Å². The van der Waals surface area contributed by atoms with E-state index in [1.807, 2.05) is 19.4 Å². The van der Waals surface area contributed by atoms with E-state index in [0.29, 0.717) is 0 Å². The Morgan fingerprint density at radius 3 is 2.85 bits per heavy atom. The molecule has 0 spiro atoms. The molecule has 3 nitrogen and oxygen atoms in total. The molecular formula is C9H16N2OS. The van der Waals surface area contributed by atoms with E-state index in [1.54, 1.807) is 18.3 Å². The summed E-state index contributed by atoms with van der Waals surface area (Å²) in [5.74, 6) is 0. The minimum absolute atomic E-state index is 0.233. The van der Waals surface area contributed by atoms with Crippen LogP contribution in [0.1, 0.15) is 19.0 Å². The topological polar surface area (TPSA) is 36.4 Å². The number of aryl methyl sites for hydroxylation is 1. The number of thiazole rings is 1. The summed E-state index contributed by atoms with van der Waals surface area (Å²) in [4.78, 5) is 6.43. The molecule has 1 atom stereocenters. The summed E-state index contributed by atoms with van der Waals surface area (Å²) >= 11 is 1.64. The van der Waals surface area contributed by atoms with Crippen LogP contribution in [0.2, 0.25) is 0 Å². The summed E-state index contributed by atoms with van der Waals surface area (Å²) < 4.78 is 0. The second kappa shape index (κ2) is 4.58. The fourth-order valence-corrected chi connectivity index (χ4v) is 1.79. The molecule has 0 aromatic carbocycles. The molecule has 0 fully saturated rings. The summed E-state index contributed by atoms with van der Waals surface area (Å²) in [7, 11) is 2.00. The van der Waals surface area contributed by atoms with E-state index in [4.69, 9.17) is 5.11 Å². The lowest BCUT2D eigenvalue weighted by Crippen LogP contribution is -2.21. The van der Waals surface area contributed by atoms with Crippen LogP contribution in [0.15, 0.2) is 5.38 Å². The van der Waals surface area contributed by atoms with Crippen LogP contribution in [-0.2, 0) is 0 Å². The standard InChI is InChI=1S/C9H16N2OS/c1-7-6-13-9(10-7)11(3)5-4-8(2)12/h6,8,12H,4-5H2,1-3H3. The molecule has 13 heavy (non-hydrogen) atoms. The van der Waals surface area contributed by atoms with Gasteiger partial charge in [0.25, 0.3) is 0 Å². The Morgan fingerprint density at radius 1 is 1.69 bits per heavy atom. The zero-order valence-corrected chi connectivity index (χ0v) is 9.14. The van der Waals surface area contributed by atoms with Crippen molar-refractivity contribution in [1.29, 1.82) is 0 Å². The minimum Gasteiger partial charge on any atom is -0.393 e. The van der Waals surface area contributed by atoms with E-state index in [0.717, 1.165) is 23.8 Å². The predicted molar refractivity (Wildman–Crippen MR) is 56.4 cm³/mol. The van der Waals surface area contributed by atoms with Crippen LogP contribution in [0.4, 0.5) is 5.13 Å². The van der Waals surface area contributed by atoms with Crippen LogP contribution in [0.5, 0.6) is 0 Å². The average molecular weight is 200 g/mol. The van der Waals surface area contributed by atoms with Crippen LogP contribution < -0.4 is 4.90 Å². The fourth-order valence-electron chi connectivity index (χ4n) is 0.993. The lowest BCUT2D eigenvalue weighted by molar-refractivity contribution is 0.187. The smallest absolute Gasteiger partial charge is 0.185 e. The largest absolute Gasteiger partial charge is 0.393 e. The molecule has 0 bridgehead atoms. The molecule has 0 saturated carbocycles. The Bertz CT molecular complexity index is 260. The van der Waals surface area contributed by atoms with Gasteiger partial charge in [-0.25, -0.2) is 4.98 Å². The number of hydrogen-bond donors (Lipinski definition) is 1. The molecule has 74 valence electrons. The Morgan fingerprint density at radius 2 is 2.38 bits per heavy atom. The predicted octanol–water partition coefficient (Wildman–Crippen LogP) is 1.66. The van der Waals surface area contributed by atoms with Gasteiger partial charge in [0, 0.05) is 19.0 Å². The van der Waals surface area contributed by atoms with Crippen molar-refractivity contribution in [1.82, 2.24) is 4.98 Å². The number of anilines is 1. The molecule has 1 N–H and O–H groups in total. The SMILES string of the molecule is Cc1csc(N(C)CCC(C)O)n1. The van der Waals surface area contributed by atoms with Crippen molar-refractivity contribution in [2.45, 2.75) is 26.4 Å². The molecule has 1 rings (SSSR count). The molecular weight excluding hydrogens is 184 g/mol. The zero-order valence-electron chi connectivity index (χ0n) is 8.32. The summed E-state index contributed by atoms with van der Waals surface area (Å²) in [5.41, 5.74) is 1.06. The fraction of sp³-hybridized carbons (Fsp3) is 0.667. The first-order valence-corrected chi connectivity index (χ1v) is 5.29. The summed E-state index contributed by atoms with van der Waals surface area (Å²) in [5, 5.41) is 12.2. The third-order valence-corrected chi connectivity index (χ3v) is 2.89. The number of hydrogen-bond acceptors (Lipinski definition) is 4. The summed E-state index contributed by atoms with van der Waals surface area (Å²) in [6.07, 6.45) is 0.554. The Balaban J connectivity index is 2.44. The number of aliphatic hydroxyl groups excluding tert-OH is 1. The van der Waals surface area contributed by atoms with Crippen molar-refractivity contribution in [3.63, 3.8) is 0 Å². The van der Waals surface area contributed by atoms with Gasteiger partial charge in [0.2, 0.25) is 0 Å². The highest BCUT2D eigenvalue weighted by Crippen LogP contribution is 2.18. The highest BCUT2D eigenvalue weighted by molar-refractivity contribution is 7.13. The monoisotopic (exact) mass is 200 g/mol. The van der Waals surface area contributed by atoms with Crippen molar-refractivity contribution in [3.05, 3.63) is 11.1 Å². The van der Waals surface area contributed by atoms with E-state index >= 15 is 0 Å². The first kappa shape index (κ1) is 10.5. The third kappa shape index (κ3) is 3.32. The minimum atomic E-state index is -0.233. The molecule has 4 heteroatoms. The maximum Gasteiger partial charge on any atom is 0.185 e. The van der Waals surface area contributed by atoms with Gasteiger partial charge in [-0.05, 0) is 20.3 Å². The lowest BCUT2D eigenvalue weighted by Gasteiger charge is -2.16. The molecule has 1 aromatic heterocycles. The number of rotatable bonds is 4. The summed E-state index contributed by atoms with van der Waals surface area (Å²) in [6, 6.07) is 0. The van der Waals surface area contributed by atoms with Gasteiger partial charge in [-0.15, -0.1) is 11.3 Å². The quantitative estimate of drug-likeness (QED) is 0.803. The Hall–Kier alpha value is -0.610. The molecule has 1 unspecified atom stereocenters. The van der Waals surface area contributed by atoms with Crippen molar-refractivity contribution in [3.8, 4) is 0 Å². The average Bonchev–Trinajstić information content (AvgIpc) is 2.47. The Labute approximate surface area is 83.0 Å². The van der Waals surface area contributed by atoms with Gasteiger partial charge in [0.15, 0.2) is 5.13 Å². The van der Waals surface area contributed by atoms with Crippen molar-refractivity contribution < 1.29 is 5.11 Å².